The second-order valence-corrected chi connectivity index (χ2v) is 5.71. The van der Waals surface area contributed by atoms with Gasteiger partial charge >= 0.3 is 0 Å². The summed E-state index contributed by atoms with van der Waals surface area (Å²) >= 11 is 0. The van der Waals surface area contributed by atoms with Gasteiger partial charge in [0.05, 0.1) is 5.69 Å². The average molecular weight is 312 g/mol. The molecule has 0 amide bonds. The minimum atomic E-state index is -0.890. The zero-order valence-corrected chi connectivity index (χ0v) is 12.3. The molecule has 4 rings (SSSR count). The predicted octanol–water partition coefficient (Wildman–Crippen LogP) is 3.41. The van der Waals surface area contributed by atoms with Gasteiger partial charge in [0.1, 0.15) is 5.82 Å². The normalized spacial score (nSPS) is 14.2. The molecular formula is C17H14F2N4. The predicted molar refractivity (Wildman–Crippen MR) is 80.3 cm³/mol. The monoisotopic (exact) mass is 312 g/mol. The number of hydrogen-bond acceptors (Lipinski definition) is 3. The van der Waals surface area contributed by atoms with Gasteiger partial charge in [0.25, 0.3) is 0 Å². The summed E-state index contributed by atoms with van der Waals surface area (Å²) in [5.74, 6) is 0.0946. The second-order valence-electron chi connectivity index (χ2n) is 5.71. The van der Waals surface area contributed by atoms with Crippen molar-refractivity contribution in [2.24, 2.45) is 0 Å². The number of benzene rings is 1. The summed E-state index contributed by atoms with van der Waals surface area (Å²) < 4.78 is 28.3. The number of halogens is 2. The lowest BCUT2D eigenvalue weighted by molar-refractivity contribution is 0.507. The summed E-state index contributed by atoms with van der Waals surface area (Å²) in [5, 5.41) is 4.51. The van der Waals surface area contributed by atoms with E-state index < -0.39 is 11.6 Å². The highest BCUT2D eigenvalue weighted by Crippen LogP contribution is 2.38. The maximum absolute atomic E-state index is 13.6. The lowest BCUT2D eigenvalue weighted by Crippen LogP contribution is -2.05. The highest BCUT2D eigenvalue weighted by molar-refractivity contribution is 5.34. The largest absolute Gasteiger partial charge is 0.264 e. The van der Waals surface area contributed by atoms with E-state index in [0.717, 1.165) is 36.4 Å². The van der Waals surface area contributed by atoms with E-state index in [-0.39, 0.29) is 0 Å². The van der Waals surface area contributed by atoms with Crippen LogP contribution in [-0.4, -0.2) is 19.7 Å². The summed E-state index contributed by atoms with van der Waals surface area (Å²) in [5.41, 5.74) is 1.47. The Morgan fingerprint density at radius 2 is 2.00 bits per heavy atom. The minimum Gasteiger partial charge on any atom is -0.264 e. The highest BCUT2D eigenvalue weighted by atomic mass is 19.2. The average Bonchev–Trinajstić information content (AvgIpc) is 3.33. The molecule has 6 heteroatoms. The molecule has 1 aliphatic carbocycles. The van der Waals surface area contributed by atoms with Crippen LogP contribution in [0.3, 0.4) is 0 Å². The van der Waals surface area contributed by atoms with Crippen LogP contribution in [0.5, 0.6) is 0 Å². The number of rotatable bonds is 4. The van der Waals surface area contributed by atoms with Crippen LogP contribution in [0.1, 0.15) is 36.0 Å². The summed E-state index contributed by atoms with van der Waals surface area (Å²) in [6.07, 6.45) is 6.16. The summed E-state index contributed by atoms with van der Waals surface area (Å²) in [7, 11) is 0. The van der Waals surface area contributed by atoms with E-state index in [1.807, 2.05) is 12.1 Å². The van der Waals surface area contributed by atoms with Crippen molar-refractivity contribution in [3.63, 3.8) is 0 Å². The van der Waals surface area contributed by atoms with Gasteiger partial charge in [-0.05, 0) is 36.6 Å². The first kappa shape index (κ1) is 14.0. The Bertz CT molecular complexity index is 841. The molecule has 0 unspecified atom stereocenters. The van der Waals surface area contributed by atoms with E-state index in [9.17, 15) is 8.78 Å². The fraction of sp³-hybridized carbons (Fsp3) is 0.235. The molecular weight excluding hydrogens is 298 g/mol. The lowest BCUT2D eigenvalue weighted by Gasteiger charge is -2.06. The molecule has 23 heavy (non-hydrogen) atoms. The molecule has 1 aromatic carbocycles. The first-order chi connectivity index (χ1) is 11.2. The van der Waals surface area contributed by atoms with E-state index in [1.165, 1.54) is 6.07 Å². The van der Waals surface area contributed by atoms with Gasteiger partial charge in [-0.15, -0.1) is 0 Å². The van der Waals surface area contributed by atoms with Gasteiger partial charge in [0, 0.05) is 30.8 Å². The third kappa shape index (κ3) is 2.84. The standard InChI is InChI=1S/C17H14F2N4/c18-14-6-5-13(9-15(14)19)23-16(8-11-2-1-7-20-10-11)21-17(22-23)12-3-4-12/h1-2,5-7,9-10,12H,3-4,8H2. The Kier molecular flexibility index (Phi) is 3.37. The van der Waals surface area contributed by atoms with E-state index in [2.05, 4.69) is 15.1 Å². The van der Waals surface area contributed by atoms with Crippen molar-refractivity contribution in [1.82, 2.24) is 19.7 Å². The van der Waals surface area contributed by atoms with Crippen molar-refractivity contribution < 1.29 is 8.78 Å². The van der Waals surface area contributed by atoms with Crippen LogP contribution >= 0.6 is 0 Å². The van der Waals surface area contributed by atoms with Crippen LogP contribution in [-0.2, 0) is 6.42 Å². The zero-order valence-electron chi connectivity index (χ0n) is 12.3. The molecule has 0 spiro atoms. The third-order valence-electron chi connectivity index (χ3n) is 3.87. The van der Waals surface area contributed by atoms with Gasteiger partial charge < -0.3 is 0 Å². The fourth-order valence-corrected chi connectivity index (χ4v) is 2.50. The molecule has 0 saturated heterocycles. The van der Waals surface area contributed by atoms with Crippen LogP contribution in [0.15, 0.2) is 42.7 Å². The van der Waals surface area contributed by atoms with Gasteiger partial charge in [0.2, 0.25) is 0 Å². The van der Waals surface area contributed by atoms with Crippen molar-refractivity contribution >= 4 is 0 Å². The third-order valence-corrected chi connectivity index (χ3v) is 3.87. The van der Waals surface area contributed by atoms with E-state index >= 15 is 0 Å². The van der Waals surface area contributed by atoms with E-state index in [1.54, 1.807) is 17.1 Å². The molecule has 116 valence electrons. The highest BCUT2D eigenvalue weighted by Gasteiger charge is 2.29. The fourth-order valence-electron chi connectivity index (χ4n) is 2.50. The maximum atomic E-state index is 13.6. The molecule has 1 fully saturated rings. The molecule has 2 heterocycles. The van der Waals surface area contributed by atoms with Crippen molar-refractivity contribution in [3.8, 4) is 5.69 Å². The van der Waals surface area contributed by atoms with Crippen molar-refractivity contribution in [3.05, 3.63) is 71.6 Å². The van der Waals surface area contributed by atoms with Crippen LogP contribution in [0, 0.1) is 11.6 Å². The maximum Gasteiger partial charge on any atom is 0.160 e. The van der Waals surface area contributed by atoms with Crippen LogP contribution in [0.2, 0.25) is 0 Å². The SMILES string of the molecule is Fc1ccc(-n2nc(C3CC3)nc2Cc2cccnc2)cc1F. The first-order valence-electron chi connectivity index (χ1n) is 7.51. The quantitative estimate of drug-likeness (QED) is 0.741. The topological polar surface area (TPSA) is 43.6 Å². The molecule has 0 aliphatic heterocycles. The second kappa shape index (κ2) is 5.53. The summed E-state index contributed by atoms with van der Waals surface area (Å²) in [6, 6.07) is 7.57. The lowest BCUT2D eigenvalue weighted by atomic mass is 10.2. The van der Waals surface area contributed by atoms with E-state index in [4.69, 9.17) is 0 Å². The Hall–Kier alpha value is -2.63. The van der Waals surface area contributed by atoms with Crippen molar-refractivity contribution in [1.29, 1.82) is 0 Å². The molecule has 1 aliphatic rings. The van der Waals surface area contributed by atoms with Gasteiger partial charge in [-0.3, -0.25) is 4.98 Å². The molecule has 3 aromatic rings. The summed E-state index contributed by atoms with van der Waals surface area (Å²) in [6.45, 7) is 0. The van der Waals surface area contributed by atoms with E-state index in [0.29, 0.717) is 23.9 Å². The molecule has 0 bridgehead atoms. The van der Waals surface area contributed by atoms with Crippen molar-refractivity contribution in [2.45, 2.75) is 25.2 Å². The molecule has 0 radical (unpaired) electrons. The minimum absolute atomic E-state index is 0.384. The van der Waals surface area contributed by atoms with Crippen LogP contribution < -0.4 is 0 Å². The first-order valence-corrected chi connectivity index (χ1v) is 7.51. The molecule has 2 aromatic heterocycles. The zero-order chi connectivity index (χ0) is 15.8. The van der Waals surface area contributed by atoms with Gasteiger partial charge in [-0.25, -0.2) is 18.4 Å². The van der Waals surface area contributed by atoms with Gasteiger partial charge in [-0.2, -0.15) is 5.10 Å². The van der Waals surface area contributed by atoms with Crippen LogP contribution in [0.4, 0.5) is 8.78 Å². The van der Waals surface area contributed by atoms with Crippen LogP contribution in [0.25, 0.3) is 5.69 Å². The number of pyridine rings is 1. The Morgan fingerprint density at radius 3 is 2.70 bits per heavy atom. The van der Waals surface area contributed by atoms with Gasteiger partial charge in [-0.1, -0.05) is 6.07 Å². The smallest absolute Gasteiger partial charge is 0.160 e. The molecule has 0 N–H and O–H groups in total. The summed E-state index contributed by atoms with van der Waals surface area (Å²) in [4.78, 5) is 8.70. The van der Waals surface area contributed by atoms with Crippen molar-refractivity contribution in [2.75, 3.05) is 0 Å². The Balaban J connectivity index is 1.76. The van der Waals surface area contributed by atoms with Gasteiger partial charge in [0.15, 0.2) is 17.5 Å². The molecule has 0 atom stereocenters. The number of hydrogen-bond donors (Lipinski definition) is 0. The number of nitrogens with zero attached hydrogens (tertiary/aromatic N) is 4. The Labute approximate surface area is 131 Å². The number of aromatic nitrogens is 4. The molecule has 4 nitrogen and oxygen atoms in total. The Morgan fingerprint density at radius 1 is 1.13 bits per heavy atom. The molecule has 1 saturated carbocycles.